The summed E-state index contributed by atoms with van der Waals surface area (Å²) < 4.78 is 42.2. The van der Waals surface area contributed by atoms with E-state index >= 15 is 0 Å². The van der Waals surface area contributed by atoms with E-state index < -0.39 is 28.2 Å². The van der Waals surface area contributed by atoms with Gasteiger partial charge in [-0.15, -0.1) is 0 Å². The summed E-state index contributed by atoms with van der Waals surface area (Å²) in [5.74, 6) is -1.68. The minimum Gasteiger partial charge on any atom is -0.481 e. The molecule has 1 aromatic heterocycles. The number of halogens is 1. The lowest BCUT2D eigenvalue weighted by molar-refractivity contribution is -0.136. The average Bonchev–Trinajstić information content (AvgIpc) is 3.09. The highest BCUT2D eigenvalue weighted by Gasteiger charge is 2.26. The van der Waals surface area contributed by atoms with Crippen molar-refractivity contribution in [3.63, 3.8) is 0 Å². The van der Waals surface area contributed by atoms with Gasteiger partial charge in [0, 0.05) is 29.5 Å². The summed E-state index contributed by atoms with van der Waals surface area (Å²) in [6.07, 6.45) is 0.506. The van der Waals surface area contributed by atoms with Gasteiger partial charge in [0.1, 0.15) is 5.82 Å². The van der Waals surface area contributed by atoms with Crippen LogP contribution in [0.5, 0.6) is 0 Å². The lowest BCUT2D eigenvalue weighted by Crippen LogP contribution is -2.15. The number of carbonyl (C=O) groups is 1. The monoisotopic (exact) mass is 480 g/mol. The molecular weight excluding hydrogens is 455 g/mol. The number of aromatic nitrogens is 1. The van der Waals surface area contributed by atoms with Gasteiger partial charge in [-0.3, -0.25) is 4.79 Å². The molecule has 4 aromatic rings. The number of aryl methyl sites for hydroxylation is 1. The molecule has 0 amide bonds. The maximum Gasteiger partial charge on any atom is 0.307 e. The topological polar surface area (TPSA) is 79.6 Å². The third-order valence-electron chi connectivity index (χ3n) is 6.04. The number of rotatable bonds is 7. The van der Waals surface area contributed by atoms with Gasteiger partial charge < -0.3 is 10.0 Å². The van der Waals surface area contributed by atoms with Crippen molar-refractivity contribution in [1.82, 2.24) is 3.97 Å². The molecule has 4 rings (SSSR count). The molecule has 8 heteroatoms. The Morgan fingerprint density at radius 3 is 2.38 bits per heavy atom. The van der Waals surface area contributed by atoms with E-state index in [0.717, 1.165) is 21.8 Å². The number of fused-ring (bicyclic) bond motifs is 1. The number of aliphatic carboxylic acids is 1. The van der Waals surface area contributed by atoms with E-state index in [1.165, 1.54) is 42.8 Å². The first kappa shape index (κ1) is 23.5. The Balaban J connectivity index is 1.77. The zero-order valence-electron chi connectivity index (χ0n) is 19.1. The van der Waals surface area contributed by atoms with Crippen LogP contribution in [0.4, 0.5) is 15.8 Å². The Hall–Kier alpha value is -3.65. The van der Waals surface area contributed by atoms with Crippen molar-refractivity contribution in [3.8, 4) is 0 Å². The van der Waals surface area contributed by atoms with Crippen LogP contribution in [-0.2, 0) is 27.7 Å². The van der Waals surface area contributed by atoms with Gasteiger partial charge in [0.25, 0.3) is 10.0 Å². The van der Waals surface area contributed by atoms with Crippen LogP contribution in [-0.4, -0.2) is 30.5 Å². The summed E-state index contributed by atoms with van der Waals surface area (Å²) in [5, 5.41) is 9.58. The number of carboxylic acid groups (broad SMARTS) is 1. The molecule has 0 aliphatic heterocycles. The minimum atomic E-state index is -4.06. The van der Waals surface area contributed by atoms with Gasteiger partial charge >= 0.3 is 5.97 Å². The molecular formula is C26H25FN2O4S. The lowest BCUT2D eigenvalue weighted by Gasteiger charge is -2.20. The number of hydrogen-bond acceptors (Lipinski definition) is 4. The molecule has 1 N–H and O–H groups in total. The molecule has 0 aliphatic rings. The van der Waals surface area contributed by atoms with E-state index in [1.54, 1.807) is 12.1 Å². The van der Waals surface area contributed by atoms with Crippen molar-refractivity contribution in [3.05, 3.63) is 89.4 Å². The summed E-state index contributed by atoms with van der Waals surface area (Å²) in [5.41, 5.74) is 3.77. The van der Waals surface area contributed by atoms with Crippen LogP contribution in [0.1, 0.15) is 23.7 Å². The summed E-state index contributed by atoms with van der Waals surface area (Å²) in [7, 11) is -2.15. The Bertz CT molecular complexity index is 1490. The molecule has 34 heavy (non-hydrogen) atoms. The van der Waals surface area contributed by atoms with Gasteiger partial charge in [0.15, 0.2) is 0 Å². The fourth-order valence-electron chi connectivity index (χ4n) is 4.19. The minimum absolute atomic E-state index is 0.0539. The maximum atomic E-state index is 13.9. The highest BCUT2D eigenvalue weighted by Crippen LogP contribution is 2.32. The Kier molecular flexibility index (Phi) is 6.18. The highest BCUT2D eigenvalue weighted by atomic mass is 32.2. The van der Waals surface area contributed by atoms with Crippen LogP contribution in [0.15, 0.2) is 71.6 Å². The maximum absolute atomic E-state index is 13.9. The summed E-state index contributed by atoms with van der Waals surface area (Å²) >= 11 is 0. The second-order valence-corrected chi connectivity index (χ2v) is 9.93. The molecule has 1 heterocycles. The lowest BCUT2D eigenvalue weighted by atomic mass is 10.1. The second kappa shape index (κ2) is 8.95. The molecule has 0 saturated carbocycles. The van der Waals surface area contributed by atoms with Crippen molar-refractivity contribution in [2.75, 3.05) is 11.9 Å². The van der Waals surface area contributed by atoms with E-state index in [9.17, 15) is 22.7 Å². The van der Waals surface area contributed by atoms with E-state index in [-0.39, 0.29) is 27.1 Å². The predicted molar refractivity (Wildman–Crippen MR) is 131 cm³/mol. The van der Waals surface area contributed by atoms with E-state index in [2.05, 4.69) is 19.1 Å². The fourth-order valence-corrected chi connectivity index (χ4v) is 5.77. The van der Waals surface area contributed by atoms with Gasteiger partial charge in [0.2, 0.25) is 0 Å². The SMILES string of the molecule is CCc1cccc(N(C)c2ccc(S(=O)(=O)n3c(C)c(CC(=O)O)c4cc(F)ccc43)cc2)c1. The summed E-state index contributed by atoms with van der Waals surface area (Å²) in [4.78, 5) is 13.4. The Morgan fingerprint density at radius 1 is 1.03 bits per heavy atom. The molecule has 0 bridgehead atoms. The quantitative estimate of drug-likeness (QED) is 0.389. The van der Waals surface area contributed by atoms with E-state index in [4.69, 9.17) is 0 Å². The van der Waals surface area contributed by atoms with Gasteiger partial charge in [-0.1, -0.05) is 19.1 Å². The van der Waals surface area contributed by atoms with E-state index in [1.807, 2.05) is 24.1 Å². The van der Waals surface area contributed by atoms with Crippen molar-refractivity contribution in [2.45, 2.75) is 31.6 Å². The predicted octanol–water partition coefficient (Wildman–Crippen LogP) is 5.28. The van der Waals surface area contributed by atoms with Gasteiger partial charge in [-0.2, -0.15) is 0 Å². The largest absolute Gasteiger partial charge is 0.481 e. The Labute approximate surface area is 197 Å². The second-order valence-electron chi connectivity index (χ2n) is 8.14. The van der Waals surface area contributed by atoms with Crippen LogP contribution in [0, 0.1) is 12.7 Å². The molecule has 0 atom stereocenters. The number of hydrogen-bond donors (Lipinski definition) is 1. The normalized spacial score (nSPS) is 11.6. The molecule has 0 aliphatic carbocycles. The third kappa shape index (κ3) is 4.17. The van der Waals surface area contributed by atoms with Crippen LogP contribution >= 0.6 is 0 Å². The first-order chi connectivity index (χ1) is 16.1. The van der Waals surface area contributed by atoms with Crippen molar-refractivity contribution in [2.24, 2.45) is 0 Å². The Morgan fingerprint density at radius 2 is 1.74 bits per heavy atom. The van der Waals surface area contributed by atoms with Crippen LogP contribution in [0.25, 0.3) is 10.9 Å². The smallest absolute Gasteiger partial charge is 0.307 e. The first-order valence-corrected chi connectivity index (χ1v) is 12.3. The van der Waals surface area contributed by atoms with Crippen LogP contribution < -0.4 is 4.90 Å². The molecule has 6 nitrogen and oxygen atoms in total. The van der Waals surface area contributed by atoms with Gasteiger partial charge in [-0.05, 0) is 79.1 Å². The summed E-state index contributed by atoms with van der Waals surface area (Å²) in [6, 6.07) is 18.3. The molecule has 0 fully saturated rings. The van der Waals surface area contributed by atoms with Crippen LogP contribution in [0.3, 0.4) is 0 Å². The first-order valence-electron chi connectivity index (χ1n) is 10.8. The zero-order chi connectivity index (χ0) is 24.6. The number of carboxylic acids is 1. The third-order valence-corrected chi connectivity index (χ3v) is 7.86. The highest BCUT2D eigenvalue weighted by molar-refractivity contribution is 7.90. The standard InChI is InChI=1S/C26H25FN2O4S/c1-4-18-6-5-7-21(14-18)28(3)20-9-11-22(12-10-20)34(32,33)29-17(2)23(16-26(30)31)24-15-19(27)8-13-25(24)29/h5-15H,4,16H2,1-3H3,(H,30,31). The molecule has 176 valence electrons. The number of nitrogens with zero attached hydrogens (tertiary/aromatic N) is 2. The number of anilines is 2. The number of benzene rings is 3. The molecule has 0 radical (unpaired) electrons. The molecule has 0 unspecified atom stereocenters. The van der Waals surface area contributed by atoms with Crippen molar-refractivity contribution >= 4 is 38.3 Å². The molecule has 3 aromatic carbocycles. The fraction of sp³-hybridized carbons (Fsp3) is 0.192. The van der Waals surface area contributed by atoms with Crippen LogP contribution in [0.2, 0.25) is 0 Å². The average molecular weight is 481 g/mol. The van der Waals surface area contributed by atoms with E-state index in [0.29, 0.717) is 0 Å². The summed E-state index contributed by atoms with van der Waals surface area (Å²) in [6.45, 7) is 3.62. The van der Waals surface area contributed by atoms with Gasteiger partial charge in [0.05, 0.1) is 16.8 Å². The van der Waals surface area contributed by atoms with Crippen molar-refractivity contribution in [1.29, 1.82) is 0 Å². The van der Waals surface area contributed by atoms with Crippen molar-refractivity contribution < 1.29 is 22.7 Å². The molecule has 0 saturated heterocycles. The van der Waals surface area contributed by atoms with Gasteiger partial charge in [-0.25, -0.2) is 16.8 Å². The zero-order valence-corrected chi connectivity index (χ0v) is 19.9. The molecule has 0 spiro atoms.